The van der Waals surface area contributed by atoms with Gasteiger partial charge in [0.25, 0.3) is 0 Å². The summed E-state index contributed by atoms with van der Waals surface area (Å²) in [5.41, 5.74) is 5.78. The molecule has 3 N–H and O–H groups in total. The Bertz CT molecular complexity index is 415. The van der Waals surface area contributed by atoms with Gasteiger partial charge in [-0.15, -0.1) is 0 Å². The predicted molar refractivity (Wildman–Crippen MR) is 60.5 cm³/mol. The highest BCUT2D eigenvalue weighted by atomic mass is 16.8. The van der Waals surface area contributed by atoms with Crippen molar-refractivity contribution in [3.05, 3.63) is 23.8 Å². The van der Waals surface area contributed by atoms with E-state index in [4.69, 9.17) is 30.9 Å². The van der Waals surface area contributed by atoms with Crippen molar-refractivity contribution in [1.29, 1.82) is 0 Å². The summed E-state index contributed by atoms with van der Waals surface area (Å²) < 4.78 is 9.91. The smallest absolute Gasteiger partial charge is 0.302 e. The van der Waals surface area contributed by atoms with Crippen LogP contribution in [0.3, 0.4) is 0 Å². The molecular weight excluding hydrogens is 204 g/mol. The van der Waals surface area contributed by atoms with Crippen LogP contribution in [0.25, 0.3) is 0 Å². The van der Waals surface area contributed by atoms with Gasteiger partial charge in [0.2, 0.25) is 7.85 Å². The standard InChI is InChI=1S/C10H11B2NO3/c1-9(11,13)5-6-2-3-7-8(4-6)16-10(12,14)15-7/h2-4,14H,5,13H2,1H3. The molecule has 0 aromatic heterocycles. The first-order valence-electron chi connectivity index (χ1n) is 4.85. The molecule has 16 heavy (non-hydrogen) atoms. The van der Waals surface area contributed by atoms with Gasteiger partial charge in [0.05, 0.1) is 7.85 Å². The Hall–Kier alpha value is -1.13. The maximum atomic E-state index is 9.32. The third-order valence-electron chi connectivity index (χ3n) is 2.11. The lowest BCUT2D eigenvalue weighted by Crippen LogP contribution is -2.38. The number of rotatable bonds is 2. The first kappa shape index (κ1) is 11.4. The van der Waals surface area contributed by atoms with Crippen LogP contribution in [0.2, 0.25) is 0 Å². The summed E-state index contributed by atoms with van der Waals surface area (Å²) in [7, 11) is 11.0. The van der Waals surface area contributed by atoms with Gasteiger partial charge in [-0.1, -0.05) is 13.0 Å². The highest BCUT2D eigenvalue weighted by Crippen LogP contribution is 2.38. The van der Waals surface area contributed by atoms with Crippen LogP contribution in [0.4, 0.5) is 0 Å². The van der Waals surface area contributed by atoms with Crippen molar-refractivity contribution >= 4 is 15.7 Å². The van der Waals surface area contributed by atoms with E-state index in [1.165, 1.54) is 0 Å². The zero-order valence-corrected chi connectivity index (χ0v) is 8.93. The summed E-state index contributed by atoms with van der Waals surface area (Å²) in [4.78, 5) is 0. The van der Waals surface area contributed by atoms with Crippen molar-refractivity contribution in [2.75, 3.05) is 0 Å². The largest absolute Gasteiger partial charge is 0.435 e. The molecule has 0 bridgehead atoms. The average molecular weight is 215 g/mol. The molecule has 0 spiro atoms. The van der Waals surface area contributed by atoms with Crippen molar-refractivity contribution in [2.24, 2.45) is 5.73 Å². The van der Waals surface area contributed by atoms with Crippen LogP contribution >= 0.6 is 0 Å². The number of hydrogen-bond acceptors (Lipinski definition) is 4. The monoisotopic (exact) mass is 215 g/mol. The van der Waals surface area contributed by atoms with Gasteiger partial charge < -0.3 is 20.3 Å². The number of hydrogen-bond donors (Lipinski definition) is 2. The second-order valence-corrected chi connectivity index (χ2v) is 4.30. The minimum atomic E-state index is -2.09. The number of aliphatic hydroxyl groups is 1. The van der Waals surface area contributed by atoms with Crippen molar-refractivity contribution < 1.29 is 14.6 Å². The van der Waals surface area contributed by atoms with Gasteiger partial charge in [-0.3, -0.25) is 0 Å². The van der Waals surface area contributed by atoms with E-state index < -0.39 is 11.3 Å². The highest BCUT2D eigenvalue weighted by Gasteiger charge is 2.33. The molecular formula is C10H11B2NO3. The fourth-order valence-corrected chi connectivity index (χ4v) is 1.60. The number of fused-ring (bicyclic) bond motifs is 1. The maximum Gasteiger partial charge on any atom is 0.302 e. The second-order valence-electron chi connectivity index (χ2n) is 4.30. The van der Waals surface area contributed by atoms with Crippen molar-refractivity contribution in [2.45, 2.75) is 24.7 Å². The van der Waals surface area contributed by atoms with Crippen molar-refractivity contribution in [3.8, 4) is 11.5 Å². The summed E-state index contributed by atoms with van der Waals surface area (Å²) in [5, 5.41) is 9.32. The fourth-order valence-electron chi connectivity index (χ4n) is 1.60. The van der Waals surface area contributed by atoms with E-state index in [9.17, 15) is 5.11 Å². The lowest BCUT2D eigenvalue weighted by molar-refractivity contribution is -0.178. The summed E-state index contributed by atoms with van der Waals surface area (Å²) >= 11 is 0. The molecule has 6 heteroatoms. The predicted octanol–water partition coefficient (Wildman–Crippen LogP) is -0.384. The quantitative estimate of drug-likeness (QED) is 0.659. The molecule has 0 fully saturated rings. The Morgan fingerprint density at radius 1 is 1.44 bits per heavy atom. The van der Waals surface area contributed by atoms with Crippen LogP contribution < -0.4 is 15.2 Å². The minimum absolute atomic E-state index is 0.381. The van der Waals surface area contributed by atoms with Gasteiger partial charge in [-0.05, 0) is 29.6 Å². The molecule has 2 atom stereocenters. The third kappa shape index (κ3) is 2.51. The van der Waals surface area contributed by atoms with E-state index in [1.807, 2.05) is 0 Å². The number of nitrogens with two attached hydrogens (primary N) is 1. The molecule has 0 aliphatic carbocycles. The normalized spacial score (nSPS) is 26.4. The Balaban J connectivity index is 2.23. The molecule has 0 saturated heterocycles. The third-order valence-corrected chi connectivity index (χ3v) is 2.11. The van der Waals surface area contributed by atoms with Crippen LogP contribution in [-0.2, 0) is 6.42 Å². The SMILES string of the molecule is [B]C(C)(N)Cc1ccc2c(c1)OC([B])(O)O2. The summed E-state index contributed by atoms with van der Waals surface area (Å²) in [5.74, 6) is -1.31. The molecule has 2 rings (SSSR count). The summed E-state index contributed by atoms with van der Waals surface area (Å²) in [6.45, 7) is 1.72. The molecule has 0 amide bonds. The average Bonchev–Trinajstić information content (AvgIpc) is 2.34. The first-order valence-corrected chi connectivity index (χ1v) is 4.85. The van der Waals surface area contributed by atoms with Gasteiger partial charge in [0.1, 0.15) is 0 Å². The molecule has 1 aromatic rings. The Labute approximate surface area is 96.6 Å². The Morgan fingerprint density at radius 3 is 2.69 bits per heavy atom. The topological polar surface area (TPSA) is 64.7 Å². The molecule has 0 saturated carbocycles. The van der Waals surface area contributed by atoms with E-state index in [2.05, 4.69) is 0 Å². The van der Waals surface area contributed by atoms with E-state index in [-0.39, 0.29) is 0 Å². The zero-order chi connectivity index (χ0) is 12.0. The van der Waals surface area contributed by atoms with E-state index in [0.29, 0.717) is 17.9 Å². The molecule has 2 unspecified atom stereocenters. The first-order chi connectivity index (χ1) is 7.25. The van der Waals surface area contributed by atoms with Crippen LogP contribution in [0.1, 0.15) is 12.5 Å². The van der Waals surface area contributed by atoms with Crippen LogP contribution in [0.15, 0.2) is 18.2 Å². The molecule has 4 nitrogen and oxygen atoms in total. The van der Waals surface area contributed by atoms with Crippen molar-refractivity contribution in [1.82, 2.24) is 0 Å². The highest BCUT2D eigenvalue weighted by molar-refractivity contribution is 6.15. The number of ether oxygens (including phenoxy) is 2. The summed E-state index contributed by atoms with van der Waals surface area (Å²) in [6, 6.07) is 5.14. The van der Waals surface area contributed by atoms with E-state index in [1.54, 1.807) is 25.1 Å². The fraction of sp³-hybridized carbons (Fsp3) is 0.400. The molecule has 1 aliphatic rings. The summed E-state index contributed by atoms with van der Waals surface area (Å²) in [6.07, 6.45) is 0.479. The molecule has 1 aliphatic heterocycles. The molecule has 80 valence electrons. The molecule has 4 radical (unpaired) electrons. The van der Waals surface area contributed by atoms with E-state index >= 15 is 0 Å². The van der Waals surface area contributed by atoms with Gasteiger partial charge in [0.15, 0.2) is 11.5 Å². The second kappa shape index (κ2) is 3.43. The van der Waals surface area contributed by atoms with Gasteiger partial charge in [-0.2, -0.15) is 0 Å². The van der Waals surface area contributed by atoms with E-state index in [0.717, 1.165) is 5.56 Å². The van der Waals surface area contributed by atoms with Crippen LogP contribution in [0, 0.1) is 0 Å². The van der Waals surface area contributed by atoms with Crippen LogP contribution in [-0.4, -0.2) is 32.1 Å². The maximum absolute atomic E-state index is 9.32. The van der Waals surface area contributed by atoms with Crippen LogP contribution in [0.5, 0.6) is 11.5 Å². The number of benzene rings is 1. The lowest BCUT2D eigenvalue weighted by Gasteiger charge is -2.18. The zero-order valence-electron chi connectivity index (χ0n) is 8.93. The minimum Gasteiger partial charge on any atom is -0.435 e. The van der Waals surface area contributed by atoms with Gasteiger partial charge in [-0.25, -0.2) is 0 Å². The molecule has 1 aromatic carbocycles. The van der Waals surface area contributed by atoms with Crippen molar-refractivity contribution in [3.63, 3.8) is 0 Å². The molecule has 1 heterocycles. The Morgan fingerprint density at radius 2 is 2.06 bits per heavy atom. The van der Waals surface area contributed by atoms with Gasteiger partial charge in [0, 0.05) is 0 Å². The Kier molecular flexibility index (Phi) is 2.44. The lowest BCUT2D eigenvalue weighted by atomic mass is 9.76. The van der Waals surface area contributed by atoms with Gasteiger partial charge >= 0.3 is 5.87 Å².